The van der Waals surface area contributed by atoms with Crippen LogP contribution in [0.4, 0.5) is 28.7 Å². The van der Waals surface area contributed by atoms with Gasteiger partial charge in [-0.05, 0) is 49.0 Å². The second-order valence-electron chi connectivity index (χ2n) is 10.9. The van der Waals surface area contributed by atoms with Crippen molar-refractivity contribution >= 4 is 34.6 Å². The zero-order chi connectivity index (χ0) is 31.2. The van der Waals surface area contributed by atoms with Crippen molar-refractivity contribution in [3.05, 3.63) is 97.3 Å². The third kappa shape index (κ3) is 7.00. The highest BCUT2D eigenvalue weighted by Crippen LogP contribution is 2.40. The minimum absolute atomic E-state index is 0.0646. The summed E-state index contributed by atoms with van der Waals surface area (Å²) in [4.78, 5) is 32.0. The molecule has 0 bridgehead atoms. The summed E-state index contributed by atoms with van der Waals surface area (Å²) in [6, 6.07) is 23.3. The van der Waals surface area contributed by atoms with Crippen LogP contribution >= 0.6 is 0 Å². The summed E-state index contributed by atoms with van der Waals surface area (Å²) in [5.74, 6) is 3.01. The van der Waals surface area contributed by atoms with Crippen molar-refractivity contribution in [1.82, 2.24) is 14.9 Å². The number of ether oxygens (including phenoxy) is 2. The average Bonchev–Trinajstić information content (AvgIpc) is 3.57. The number of amides is 1. The number of benzene rings is 3. The van der Waals surface area contributed by atoms with Crippen molar-refractivity contribution in [1.29, 1.82) is 0 Å². The molecule has 0 spiro atoms. The Kier molecular flexibility index (Phi) is 9.09. The number of carbonyl (C=O) groups excluding carboxylic acids is 1. The molecule has 11 heteroatoms. The first kappa shape index (κ1) is 29.9. The molecule has 2 saturated heterocycles. The number of hydrogen-bond donors (Lipinski definition) is 2. The normalized spacial score (nSPS) is 16.7. The average molecular weight is 608 g/mol. The maximum absolute atomic E-state index is 12.4. The predicted octanol–water partition coefficient (Wildman–Crippen LogP) is 5.78. The zero-order valence-corrected chi connectivity index (χ0v) is 25.5. The van der Waals surface area contributed by atoms with E-state index < -0.39 is 0 Å². The molecule has 11 nitrogen and oxygen atoms in total. The molecule has 3 heterocycles. The van der Waals surface area contributed by atoms with Crippen LogP contribution in [0, 0.1) is 0 Å². The fraction of sp³-hybridized carbons (Fsp3) is 0.265. The van der Waals surface area contributed by atoms with Gasteiger partial charge in [0.05, 0.1) is 36.8 Å². The molecule has 1 unspecified atom stereocenters. The number of anilines is 5. The fourth-order valence-electron chi connectivity index (χ4n) is 5.51. The highest BCUT2D eigenvalue weighted by molar-refractivity contribution is 6.02. The molecule has 3 aromatic carbocycles. The van der Waals surface area contributed by atoms with Crippen LogP contribution in [0.5, 0.6) is 17.2 Å². The molecule has 2 fully saturated rings. The molecule has 45 heavy (non-hydrogen) atoms. The summed E-state index contributed by atoms with van der Waals surface area (Å²) in [5.41, 5.74) is 3.24. The number of methoxy groups -OCH3 is 1. The first-order valence-corrected chi connectivity index (χ1v) is 14.9. The molecule has 0 saturated carbocycles. The Bertz CT molecular complexity index is 1640. The van der Waals surface area contributed by atoms with E-state index in [4.69, 9.17) is 14.3 Å². The molecule has 0 aliphatic carbocycles. The van der Waals surface area contributed by atoms with Crippen LogP contribution in [0.1, 0.15) is 18.0 Å². The number of hydrogen-bond acceptors (Lipinski definition) is 10. The molecule has 0 radical (unpaired) electrons. The lowest BCUT2D eigenvalue weighted by molar-refractivity contribution is -0.111. The van der Waals surface area contributed by atoms with Gasteiger partial charge in [-0.25, -0.2) is 15.0 Å². The molecule has 1 amide bonds. The minimum atomic E-state index is -0.290. The van der Waals surface area contributed by atoms with Gasteiger partial charge in [0.2, 0.25) is 5.91 Å². The van der Waals surface area contributed by atoms with Crippen molar-refractivity contribution in [3.63, 3.8) is 0 Å². The van der Waals surface area contributed by atoms with Gasteiger partial charge in [0.25, 0.3) is 0 Å². The number of rotatable bonds is 10. The highest BCUT2D eigenvalue weighted by Gasteiger charge is 2.30. The first-order valence-electron chi connectivity index (χ1n) is 14.9. The third-order valence-electron chi connectivity index (χ3n) is 7.87. The van der Waals surface area contributed by atoms with Crippen LogP contribution in [0.3, 0.4) is 0 Å². The molecule has 232 valence electrons. The van der Waals surface area contributed by atoms with E-state index in [1.165, 1.54) is 12.4 Å². The topological polar surface area (TPSA) is 104 Å². The number of nitrogens with zero attached hydrogens (tertiary/aromatic N) is 5. The van der Waals surface area contributed by atoms with Gasteiger partial charge in [-0.15, -0.1) is 0 Å². The number of carbonyl (C=O) groups is 1. The van der Waals surface area contributed by atoms with Gasteiger partial charge in [-0.1, -0.05) is 36.9 Å². The van der Waals surface area contributed by atoms with E-state index in [-0.39, 0.29) is 11.9 Å². The highest BCUT2D eigenvalue weighted by atomic mass is 16.7. The number of aromatic nitrogens is 2. The van der Waals surface area contributed by atoms with E-state index in [9.17, 15) is 4.79 Å². The van der Waals surface area contributed by atoms with Crippen LogP contribution in [-0.4, -0.2) is 67.7 Å². The van der Waals surface area contributed by atoms with Crippen LogP contribution in [0.15, 0.2) is 91.8 Å². The minimum Gasteiger partial charge on any atom is -0.494 e. The maximum atomic E-state index is 12.4. The summed E-state index contributed by atoms with van der Waals surface area (Å²) >= 11 is 0. The Morgan fingerprint density at radius 2 is 1.78 bits per heavy atom. The molecule has 4 aromatic rings. The molecule has 2 aliphatic rings. The second-order valence-corrected chi connectivity index (χ2v) is 10.9. The van der Waals surface area contributed by atoms with Gasteiger partial charge in [0.1, 0.15) is 29.4 Å². The lowest BCUT2D eigenvalue weighted by Gasteiger charge is -2.35. The summed E-state index contributed by atoms with van der Waals surface area (Å²) in [6.45, 7) is 7.67. The molecule has 1 atom stereocenters. The SMILES string of the molecule is C=CC(=O)Nc1cc(Nc2cc(N3OCCC3c3cccc(Oc4ccccc4)c3)ncn2)c(OC)cc1N1CCN(C)CC1. The van der Waals surface area contributed by atoms with Crippen molar-refractivity contribution < 1.29 is 19.1 Å². The van der Waals surface area contributed by atoms with E-state index in [2.05, 4.69) is 50.1 Å². The van der Waals surface area contributed by atoms with E-state index in [0.717, 1.165) is 55.3 Å². The lowest BCUT2D eigenvalue weighted by atomic mass is 10.0. The Morgan fingerprint density at radius 1 is 0.978 bits per heavy atom. The van der Waals surface area contributed by atoms with Crippen molar-refractivity contribution in [2.75, 3.05) is 67.5 Å². The van der Waals surface area contributed by atoms with Crippen LogP contribution < -0.4 is 30.1 Å². The second kappa shape index (κ2) is 13.7. The molecular formula is C34H37N7O4. The van der Waals surface area contributed by atoms with Gasteiger partial charge < -0.3 is 29.9 Å². The van der Waals surface area contributed by atoms with Crippen molar-refractivity contribution in [3.8, 4) is 17.2 Å². The quantitative estimate of drug-likeness (QED) is 0.216. The number of likely N-dealkylation sites (N-methyl/N-ethyl adjacent to an activating group) is 1. The number of para-hydroxylation sites is 1. The molecule has 2 N–H and O–H groups in total. The molecule has 1 aromatic heterocycles. The van der Waals surface area contributed by atoms with Crippen molar-refractivity contribution in [2.45, 2.75) is 12.5 Å². The van der Waals surface area contributed by atoms with Crippen molar-refractivity contribution in [2.24, 2.45) is 0 Å². The van der Waals surface area contributed by atoms with Gasteiger partial charge in [0.15, 0.2) is 5.82 Å². The van der Waals surface area contributed by atoms with E-state index >= 15 is 0 Å². The van der Waals surface area contributed by atoms with Crippen LogP contribution in [-0.2, 0) is 9.63 Å². The summed E-state index contributed by atoms with van der Waals surface area (Å²) in [7, 11) is 3.73. The van der Waals surface area contributed by atoms with Gasteiger partial charge in [-0.3, -0.25) is 9.63 Å². The monoisotopic (exact) mass is 607 g/mol. The van der Waals surface area contributed by atoms with Gasteiger partial charge in [0, 0.05) is 44.7 Å². The Morgan fingerprint density at radius 3 is 2.56 bits per heavy atom. The number of piperazine rings is 1. The molecule has 2 aliphatic heterocycles. The van der Waals surface area contributed by atoms with Crippen LogP contribution in [0.2, 0.25) is 0 Å². The maximum Gasteiger partial charge on any atom is 0.247 e. The van der Waals surface area contributed by atoms with E-state index in [1.54, 1.807) is 7.11 Å². The lowest BCUT2D eigenvalue weighted by Crippen LogP contribution is -2.44. The van der Waals surface area contributed by atoms with Gasteiger partial charge in [-0.2, -0.15) is 0 Å². The fourth-order valence-corrected chi connectivity index (χ4v) is 5.51. The van der Waals surface area contributed by atoms with E-state index in [1.807, 2.05) is 71.8 Å². The Labute approximate surface area is 263 Å². The molecular weight excluding hydrogens is 570 g/mol. The Balaban J connectivity index is 1.25. The Hall–Kier alpha value is -5.13. The summed E-state index contributed by atoms with van der Waals surface area (Å²) < 4.78 is 11.9. The summed E-state index contributed by atoms with van der Waals surface area (Å²) in [6.07, 6.45) is 3.55. The smallest absolute Gasteiger partial charge is 0.247 e. The van der Waals surface area contributed by atoms with Gasteiger partial charge >= 0.3 is 0 Å². The number of nitrogens with one attached hydrogen (secondary N) is 2. The standard InChI is InChI=1S/C34H37N7O4/c1-4-34(42)38-27-20-28(31(43-3)21-30(27)40-16-14-39(2)15-17-40)37-32-22-33(36-23-35-32)41-29(13-18-44-41)24-9-8-12-26(19-24)45-25-10-6-5-7-11-25/h4-12,19-23,29H,1,13-18H2,2-3H3,(H,38,42)(H,35,36,37). The third-order valence-corrected chi connectivity index (χ3v) is 7.87. The number of hydroxylamine groups is 1. The van der Waals surface area contributed by atoms with Crippen LogP contribution in [0.25, 0.3) is 0 Å². The molecule has 6 rings (SSSR count). The zero-order valence-electron chi connectivity index (χ0n) is 25.5. The largest absolute Gasteiger partial charge is 0.494 e. The summed E-state index contributed by atoms with van der Waals surface area (Å²) in [5, 5.41) is 8.15. The van der Waals surface area contributed by atoms with E-state index in [0.29, 0.717) is 35.4 Å². The first-order chi connectivity index (χ1) is 22.0. The predicted molar refractivity (Wildman–Crippen MR) is 176 cm³/mol.